The lowest BCUT2D eigenvalue weighted by Crippen LogP contribution is -2.09. The predicted molar refractivity (Wildman–Crippen MR) is 69.9 cm³/mol. The monoisotopic (exact) mass is 274 g/mol. The first-order valence-corrected chi connectivity index (χ1v) is 7.14. The molecule has 19 heavy (non-hydrogen) atoms. The number of nitrogens with zero attached hydrogens (tertiary/aromatic N) is 4. The number of rotatable bonds is 4. The molecule has 0 saturated carbocycles. The summed E-state index contributed by atoms with van der Waals surface area (Å²) in [4.78, 5) is 7.83. The highest BCUT2D eigenvalue weighted by Crippen LogP contribution is 2.49. The van der Waals surface area contributed by atoms with Gasteiger partial charge in [0.1, 0.15) is 18.4 Å². The van der Waals surface area contributed by atoms with Crippen LogP contribution in [0.1, 0.15) is 0 Å². The molecule has 0 N–H and O–H groups in total. The van der Waals surface area contributed by atoms with Gasteiger partial charge in [0.15, 0.2) is 0 Å². The first-order chi connectivity index (χ1) is 9.29. The van der Waals surface area contributed by atoms with E-state index in [0.29, 0.717) is 5.75 Å². The van der Waals surface area contributed by atoms with Crippen LogP contribution >= 0.6 is 7.67 Å². The summed E-state index contributed by atoms with van der Waals surface area (Å²) in [6.45, 7) is 0. The van der Waals surface area contributed by atoms with Gasteiger partial charge in [-0.3, -0.25) is 0 Å². The minimum Gasteiger partial charge on any atom is -0.413 e. The Bertz CT molecular complexity index is 642. The zero-order chi connectivity index (χ0) is 13.1. The molecule has 0 saturated heterocycles. The standard InChI is InChI=1S/C12H11N4O2P/c17-19(15-8-6-13-10-15,16-9-7-14-11-16)18-12-4-2-1-3-5-12/h1-11H. The van der Waals surface area contributed by atoms with Gasteiger partial charge in [-0.15, -0.1) is 0 Å². The van der Waals surface area contributed by atoms with E-state index in [2.05, 4.69) is 9.97 Å². The quantitative estimate of drug-likeness (QED) is 0.686. The topological polar surface area (TPSA) is 61.9 Å². The number of hydrogen-bond donors (Lipinski definition) is 0. The molecule has 0 amide bonds. The van der Waals surface area contributed by atoms with Crippen molar-refractivity contribution < 1.29 is 9.09 Å². The lowest BCUT2D eigenvalue weighted by atomic mass is 10.3. The summed E-state index contributed by atoms with van der Waals surface area (Å²) in [7, 11) is -3.34. The summed E-state index contributed by atoms with van der Waals surface area (Å²) in [5.74, 6) is 0.522. The second kappa shape index (κ2) is 4.74. The average molecular weight is 274 g/mol. The van der Waals surface area contributed by atoms with Gasteiger partial charge in [-0.2, -0.15) is 0 Å². The fourth-order valence-corrected chi connectivity index (χ4v) is 3.30. The predicted octanol–water partition coefficient (Wildman–Crippen LogP) is 2.66. The molecule has 0 spiro atoms. The van der Waals surface area contributed by atoms with Gasteiger partial charge in [-0.1, -0.05) is 18.2 Å². The molecule has 0 aliphatic rings. The van der Waals surface area contributed by atoms with Crippen LogP contribution in [0, 0.1) is 0 Å². The maximum Gasteiger partial charge on any atom is 0.459 e. The molecule has 0 fully saturated rings. The van der Waals surface area contributed by atoms with Crippen LogP contribution in [0.4, 0.5) is 0 Å². The van der Waals surface area contributed by atoms with Crippen LogP contribution in [0.5, 0.6) is 5.75 Å². The van der Waals surface area contributed by atoms with Gasteiger partial charge < -0.3 is 4.52 Å². The van der Waals surface area contributed by atoms with Crippen LogP contribution in [0.2, 0.25) is 0 Å². The van der Waals surface area contributed by atoms with Gasteiger partial charge in [0, 0.05) is 24.8 Å². The molecule has 6 nitrogen and oxygen atoms in total. The fraction of sp³-hybridized carbons (Fsp3) is 0. The van der Waals surface area contributed by atoms with E-state index in [1.54, 1.807) is 36.9 Å². The number of para-hydroxylation sites is 1. The number of benzene rings is 1. The van der Waals surface area contributed by atoms with Crippen molar-refractivity contribution in [1.82, 2.24) is 18.6 Å². The molecule has 0 radical (unpaired) electrons. The molecule has 0 aliphatic carbocycles. The van der Waals surface area contributed by atoms with Crippen LogP contribution < -0.4 is 4.52 Å². The second-order valence-electron chi connectivity index (χ2n) is 3.78. The first-order valence-electron chi connectivity index (χ1n) is 5.61. The van der Waals surface area contributed by atoms with Gasteiger partial charge in [0.05, 0.1) is 0 Å². The summed E-state index contributed by atoms with van der Waals surface area (Å²) in [6, 6.07) is 9.01. The smallest absolute Gasteiger partial charge is 0.413 e. The van der Waals surface area contributed by atoms with E-state index < -0.39 is 7.67 Å². The lowest BCUT2D eigenvalue weighted by molar-refractivity contribution is 0.460. The molecule has 0 atom stereocenters. The van der Waals surface area contributed by atoms with Gasteiger partial charge >= 0.3 is 7.67 Å². The summed E-state index contributed by atoms with van der Waals surface area (Å²) >= 11 is 0. The van der Waals surface area contributed by atoms with Crippen molar-refractivity contribution in [1.29, 1.82) is 0 Å². The summed E-state index contributed by atoms with van der Waals surface area (Å²) in [6.07, 6.45) is 9.23. The van der Waals surface area contributed by atoms with E-state index in [4.69, 9.17) is 4.52 Å². The Morgan fingerprint density at radius 1 is 0.947 bits per heavy atom. The van der Waals surface area contributed by atoms with Crippen molar-refractivity contribution in [3.8, 4) is 5.75 Å². The van der Waals surface area contributed by atoms with Crippen molar-refractivity contribution in [3.05, 3.63) is 67.8 Å². The lowest BCUT2D eigenvalue weighted by Gasteiger charge is -2.20. The van der Waals surface area contributed by atoms with E-state index in [1.165, 1.54) is 21.3 Å². The molecule has 0 bridgehead atoms. The van der Waals surface area contributed by atoms with Crippen molar-refractivity contribution in [2.24, 2.45) is 0 Å². The van der Waals surface area contributed by atoms with Gasteiger partial charge in [0.25, 0.3) is 0 Å². The normalized spacial score (nSPS) is 11.4. The van der Waals surface area contributed by atoms with Crippen LogP contribution in [-0.4, -0.2) is 18.6 Å². The number of hydrogen-bond acceptors (Lipinski definition) is 4. The van der Waals surface area contributed by atoms with Crippen molar-refractivity contribution in [2.75, 3.05) is 0 Å². The largest absolute Gasteiger partial charge is 0.459 e. The molecule has 2 heterocycles. The molecular formula is C12H11N4O2P. The Balaban J connectivity index is 2.06. The molecular weight excluding hydrogens is 263 g/mol. The highest BCUT2D eigenvalue weighted by Gasteiger charge is 2.29. The highest BCUT2D eigenvalue weighted by molar-refractivity contribution is 7.56. The van der Waals surface area contributed by atoms with Gasteiger partial charge in [-0.25, -0.2) is 23.2 Å². The van der Waals surface area contributed by atoms with Crippen LogP contribution in [-0.2, 0) is 4.57 Å². The number of aromatic nitrogens is 4. The van der Waals surface area contributed by atoms with E-state index in [1.807, 2.05) is 18.2 Å². The Labute approximate surface area is 109 Å². The maximum absolute atomic E-state index is 13.1. The van der Waals surface area contributed by atoms with E-state index >= 15 is 0 Å². The van der Waals surface area contributed by atoms with Crippen LogP contribution in [0.25, 0.3) is 0 Å². The summed E-state index contributed by atoms with van der Waals surface area (Å²) < 4.78 is 21.7. The minimum atomic E-state index is -3.34. The Morgan fingerprint density at radius 3 is 2.00 bits per heavy atom. The molecule has 3 rings (SSSR count). The van der Waals surface area contributed by atoms with Gasteiger partial charge in [-0.05, 0) is 12.1 Å². The van der Waals surface area contributed by atoms with Crippen molar-refractivity contribution in [2.45, 2.75) is 0 Å². The number of imidazole rings is 2. The zero-order valence-corrected chi connectivity index (χ0v) is 10.8. The summed E-state index contributed by atoms with van der Waals surface area (Å²) in [5.41, 5.74) is 0. The molecule has 0 unspecified atom stereocenters. The molecule has 7 heteroatoms. The fourth-order valence-electron chi connectivity index (χ4n) is 1.64. The Morgan fingerprint density at radius 2 is 1.53 bits per heavy atom. The Kier molecular flexibility index (Phi) is 2.93. The average Bonchev–Trinajstić information content (AvgIpc) is 3.14. The summed E-state index contributed by atoms with van der Waals surface area (Å²) in [5, 5.41) is 0. The van der Waals surface area contributed by atoms with Crippen LogP contribution in [0.3, 0.4) is 0 Å². The third-order valence-electron chi connectivity index (χ3n) is 2.53. The molecule has 1 aromatic carbocycles. The third kappa shape index (κ3) is 2.18. The molecule has 96 valence electrons. The molecule has 2 aromatic heterocycles. The van der Waals surface area contributed by atoms with Crippen molar-refractivity contribution >= 4 is 7.67 Å². The van der Waals surface area contributed by atoms with Crippen molar-refractivity contribution in [3.63, 3.8) is 0 Å². The highest BCUT2D eigenvalue weighted by atomic mass is 31.2. The van der Waals surface area contributed by atoms with Gasteiger partial charge in [0.2, 0.25) is 0 Å². The first kappa shape index (κ1) is 11.7. The van der Waals surface area contributed by atoms with Crippen LogP contribution in [0.15, 0.2) is 67.8 Å². The van der Waals surface area contributed by atoms with E-state index in [-0.39, 0.29) is 0 Å². The maximum atomic E-state index is 13.1. The SMILES string of the molecule is O=P(Oc1ccccc1)(n1ccnc1)n1ccnc1. The van der Waals surface area contributed by atoms with E-state index in [0.717, 1.165) is 0 Å². The van der Waals surface area contributed by atoms with E-state index in [9.17, 15) is 4.57 Å². The zero-order valence-electron chi connectivity index (χ0n) is 9.90. The third-order valence-corrected chi connectivity index (χ3v) is 4.62. The minimum absolute atomic E-state index is 0.522. The molecule has 3 aromatic rings. The Hall–Kier alpha value is -2.33. The molecule has 0 aliphatic heterocycles. The second-order valence-corrected chi connectivity index (χ2v) is 5.87.